The van der Waals surface area contributed by atoms with E-state index >= 15 is 0 Å². The van der Waals surface area contributed by atoms with Crippen LogP contribution in [0.15, 0.2) is 42.5 Å². The van der Waals surface area contributed by atoms with E-state index in [1.807, 2.05) is 19.1 Å². The van der Waals surface area contributed by atoms with Crippen molar-refractivity contribution < 1.29 is 14.6 Å². The van der Waals surface area contributed by atoms with Gasteiger partial charge in [0.2, 0.25) is 0 Å². The molecule has 3 rings (SSSR count). The van der Waals surface area contributed by atoms with Gasteiger partial charge in [0.25, 0.3) is 0 Å². The van der Waals surface area contributed by atoms with Gasteiger partial charge in [0.05, 0.1) is 6.61 Å². The Balaban J connectivity index is 1.75. The quantitative estimate of drug-likeness (QED) is 0.303. The number of amidine groups is 1. The van der Waals surface area contributed by atoms with E-state index in [9.17, 15) is 9.90 Å². The number of aliphatic carboxylic acids is 1. The minimum absolute atomic E-state index is 0.0263. The Morgan fingerprint density at radius 3 is 2.70 bits per heavy atom. The molecule has 0 amide bonds. The number of ether oxygens (including phenoxy) is 1. The molecule has 1 aliphatic rings. The molecule has 0 aliphatic carbocycles. The van der Waals surface area contributed by atoms with E-state index in [1.54, 1.807) is 30.3 Å². The normalized spacial score (nSPS) is 16.8. The highest BCUT2D eigenvalue weighted by Crippen LogP contribution is 2.26. The summed E-state index contributed by atoms with van der Waals surface area (Å²) < 4.78 is 5.98. The number of nitrogens with two attached hydrogens (primary N) is 1. The predicted octanol–water partition coefficient (Wildman–Crippen LogP) is 3.29. The summed E-state index contributed by atoms with van der Waals surface area (Å²) in [6, 6.07) is 12.1. The van der Waals surface area contributed by atoms with Crippen LogP contribution in [0.2, 0.25) is 0 Å². The number of benzene rings is 2. The molecule has 1 heterocycles. The first-order chi connectivity index (χ1) is 14.5. The van der Waals surface area contributed by atoms with E-state index in [-0.39, 0.29) is 5.84 Å². The number of nitrogen functional groups attached to an aromatic ring is 1. The van der Waals surface area contributed by atoms with Crippen LogP contribution >= 0.6 is 0 Å². The lowest BCUT2D eigenvalue weighted by molar-refractivity contribution is -0.138. The Hall–Kier alpha value is -3.06. The van der Waals surface area contributed by atoms with Gasteiger partial charge in [-0.1, -0.05) is 13.0 Å². The molecule has 1 fully saturated rings. The number of nitrogens with one attached hydrogen (secondary N) is 3. The second kappa shape index (κ2) is 10.1. The van der Waals surface area contributed by atoms with Crippen LogP contribution in [0.4, 0.5) is 5.69 Å². The zero-order valence-corrected chi connectivity index (χ0v) is 17.3. The van der Waals surface area contributed by atoms with E-state index in [1.165, 1.54) is 12.8 Å². The van der Waals surface area contributed by atoms with Gasteiger partial charge in [0.1, 0.15) is 11.6 Å². The molecule has 160 valence electrons. The van der Waals surface area contributed by atoms with Crippen LogP contribution in [-0.4, -0.2) is 36.1 Å². The SMILES string of the molecule is CCc1cc(OCCC2CCCN2)cc(C(Nc2ccc(C(=N)N)cc2)C(=O)O)c1. The van der Waals surface area contributed by atoms with E-state index in [0.29, 0.717) is 35.2 Å². The molecule has 1 aliphatic heterocycles. The van der Waals surface area contributed by atoms with E-state index in [0.717, 1.165) is 24.9 Å². The lowest BCUT2D eigenvalue weighted by Gasteiger charge is -2.19. The van der Waals surface area contributed by atoms with Crippen molar-refractivity contribution in [1.29, 1.82) is 5.41 Å². The molecule has 6 N–H and O–H groups in total. The van der Waals surface area contributed by atoms with Gasteiger partial charge in [-0.15, -0.1) is 0 Å². The molecule has 2 unspecified atom stereocenters. The van der Waals surface area contributed by atoms with Crippen LogP contribution in [0, 0.1) is 5.41 Å². The largest absolute Gasteiger partial charge is 0.494 e. The maximum absolute atomic E-state index is 12.0. The zero-order valence-electron chi connectivity index (χ0n) is 17.3. The van der Waals surface area contributed by atoms with Crippen molar-refractivity contribution in [3.63, 3.8) is 0 Å². The van der Waals surface area contributed by atoms with Gasteiger partial charge in [0, 0.05) is 17.3 Å². The van der Waals surface area contributed by atoms with Crippen molar-refractivity contribution in [3.8, 4) is 5.75 Å². The fraction of sp³-hybridized carbons (Fsp3) is 0.391. The Bertz CT molecular complexity index is 877. The lowest BCUT2D eigenvalue weighted by Crippen LogP contribution is -2.23. The topological polar surface area (TPSA) is 120 Å². The monoisotopic (exact) mass is 410 g/mol. The average Bonchev–Trinajstić information content (AvgIpc) is 3.25. The molecule has 0 bridgehead atoms. The molecule has 7 nitrogen and oxygen atoms in total. The van der Waals surface area contributed by atoms with Crippen LogP contribution in [0.1, 0.15) is 48.9 Å². The van der Waals surface area contributed by atoms with E-state index in [2.05, 4.69) is 10.6 Å². The number of hydrogen-bond donors (Lipinski definition) is 5. The highest BCUT2D eigenvalue weighted by atomic mass is 16.5. The second-order valence-electron chi connectivity index (χ2n) is 7.60. The molecule has 0 saturated carbocycles. The van der Waals surface area contributed by atoms with Gasteiger partial charge in [-0.2, -0.15) is 0 Å². The number of rotatable bonds is 10. The summed E-state index contributed by atoms with van der Waals surface area (Å²) in [6.45, 7) is 3.70. The van der Waals surface area contributed by atoms with Gasteiger partial charge in [-0.25, -0.2) is 4.79 Å². The number of carboxylic acid groups (broad SMARTS) is 1. The summed E-state index contributed by atoms with van der Waals surface area (Å²) >= 11 is 0. The smallest absolute Gasteiger partial charge is 0.330 e. The molecule has 0 spiro atoms. The fourth-order valence-corrected chi connectivity index (χ4v) is 3.66. The van der Waals surface area contributed by atoms with Gasteiger partial charge < -0.3 is 26.2 Å². The third-order valence-corrected chi connectivity index (χ3v) is 5.38. The Morgan fingerprint density at radius 2 is 2.10 bits per heavy atom. The minimum Gasteiger partial charge on any atom is -0.494 e. The first-order valence-corrected chi connectivity index (χ1v) is 10.4. The highest BCUT2D eigenvalue weighted by Gasteiger charge is 2.21. The van der Waals surface area contributed by atoms with Crippen molar-refractivity contribution in [2.75, 3.05) is 18.5 Å². The van der Waals surface area contributed by atoms with Crippen LogP contribution < -0.4 is 21.1 Å². The zero-order chi connectivity index (χ0) is 21.5. The summed E-state index contributed by atoms with van der Waals surface area (Å²) in [5.41, 5.74) is 8.39. The molecule has 2 aromatic carbocycles. The van der Waals surface area contributed by atoms with Crippen LogP contribution in [0.25, 0.3) is 0 Å². The van der Waals surface area contributed by atoms with E-state index < -0.39 is 12.0 Å². The van der Waals surface area contributed by atoms with Crippen molar-refractivity contribution in [2.24, 2.45) is 5.73 Å². The van der Waals surface area contributed by atoms with Gasteiger partial charge in [-0.3, -0.25) is 5.41 Å². The molecule has 7 heteroatoms. The van der Waals surface area contributed by atoms with Crippen molar-refractivity contribution in [2.45, 2.75) is 44.7 Å². The van der Waals surface area contributed by atoms with Crippen molar-refractivity contribution in [3.05, 3.63) is 59.2 Å². The third kappa shape index (κ3) is 5.73. The number of carbonyl (C=O) groups is 1. The molecule has 30 heavy (non-hydrogen) atoms. The van der Waals surface area contributed by atoms with Gasteiger partial charge >= 0.3 is 5.97 Å². The predicted molar refractivity (Wildman–Crippen MR) is 118 cm³/mol. The Labute approximate surface area is 177 Å². The molecule has 2 aromatic rings. The third-order valence-electron chi connectivity index (χ3n) is 5.38. The number of hydrogen-bond acceptors (Lipinski definition) is 5. The summed E-state index contributed by atoms with van der Waals surface area (Å²) in [5.74, 6) is -0.302. The second-order valence-corrected chi connectivity index (χ2v) is 7.60. The highest BCUT2D eigenvalue weighted by molar-refractivity contribution is 5.95. The summed E-state index contributed by atoms with van der Waals surface area (Å²) in [5, 5.41) is 23.8. The van der Waals surface area contributed by atoms with Crippen LogP contribution in [0.3, 0.4) is 0 Å². The Morgan fingerprint density at radius 1 is 1.33 bits per heavy atom. The summed E-state index contributed by atoms with van der Waals surface area (Å²) in [4.78, 5) is 12.0. The molecule has 0 radical (unpaired) electrons. The van der Waals surface area contributed by atoms with Crippen molar-refractivity contribution in [1.82, 2.24) is 5.32 Å². The molecular weight excluding hydrogens is 380 g/mol. The number of aryl methyl sites for hydroxylation is 1. The van der Waals surface area contributed by atoms with Gasteiger partial charge in [0.15, 0.2) is 6.04 Å². The Kier molecular flexibility index (Phi) is 7.30. The molecule has 0 aromatic heterocycles. The molecule has 1 saturated heterocycles. The maximum Gasteiger partial charge on any atom is 0.330 e. The van der Waals surface area contributed by atoms with Crippen LogP contribution in [-0.2, 0) is 11.2 Å². The number of anilines is 1. The van der Waals surface area contributed by atoms with Gasteiger partial charge in [-0.05, 0) is 79.8 Å². The lowest BCUT2D eigenvalue weighted by atomic mass is 10.0. The first kappa shape index (κ1) is 21.6. The molecular formula is C23H30N4O3. The van der Waals surface area contributed by atoms with E-state index in [4.69, 9.17) is 15.9 Å². The first-order valence-electron chi connectivity index (χ1n) is 10.4. The van der Waals surface area contributed by atoms with Crippen molar-refractivity contribution >= 4 is 17.5 Å². The average molecular weight is 411 g/mol. The standard InChI is InChI=1S/C23H30N4O3/c1-2-15-12-17(14-20(13-15)30-11-9-18-4-3-10-26-18)21(23(28)29)27-19-7-5-16(6-8-19)22(24)25/h5-8,12-14,18,21,26-27H,2-4,9-11H2,1H3,(H3,24,25)(H,28,29). The maximum atomic E-state index is 12.0. The fourth-order valence-electron chi connectivity index (χ4n) is 3.66. The number of carboxylic acids is 1. The summed E-state index contributed by atoms with van der Waals surface area (Å²) in [6.07, 6.45) is 4.11. The summed E-state index contributed by atoms with van der Waals surface area (Å²) in [7, 11) is 0. The van der Waals surface area contributed by atoms with Crippen LogP contribution in [0.5, 0.6) is 5.75 Å². The molecule has 2 atom stereocenters. The minimum atomic E-state index is -0.972.